The number of hydrogen-bond donors (Lipinski definition) is 1. The lowest BCUT2D eigenvalue weighted by atomic mass is 10.1. The third kappa shape index (κ3) is 4.00. The second-order valence-corrected chi connectivity index (χ2v) is 4.88. The zero-order valence-electron chi connectivity index (χ0n) is 12.6. The molecule has 0 saturated heterocycles. The van der Waals surface area contributed by atoms with Crippen molar-refractivity contribution in [3.63, 3.8) is 0 Å². The van der Waals surface area contributed by atoms with Crippen molar-refractivity contribution in [3.8, 4) is 6.07 Å². The summed E-state index contributed by atoms with van der Waals surface area (Å²) in [5.41, 5.74) is 4.23. The molecule has 21 heavy (non-hydrogen) atoms. The number of nitriles is 1. The second-order valence-electron chi connectivity index (χ2n) is 4.88. The van der Waals surface area contributed by atoms with Crippen molar-refractivity contribution >= 4 is 11.4 Å². The lowest BCUT2D eigenvalue weighted by molar-refractivity contribution is 0.866. The first-order chi connectivity index (χ1) is 10.3. The largest absolute Gasteiger partial charge is 0.381 e. The van der Waals surface area contributed by atoms with Gasteiger partial charge in [0.1, 0.15) is 0 Å². The van der Waals surface area contributed by atoms with Crippen LogP contribution < -0.4 is 10.2 Å². The molecule has 0 radical (unpaired) electrons. The van der Waals surface area contributed by atoms with Gasteiger partial charge in [-0.25, -0.2) is 0 Å². The highest BCUT2D eigenvalue weighted by atomic mass is 15.1. The van der Waals surface area contributed by atoms with E-state index >= 15 is 0 Å². The van der Waals surface area contributed by atoms with Crippen LogP contribution in [-0.4, -0.2) is 13.1 Å². The van der Waals surface area contributed by atoms with Gasteiger partial charge in [-0.3, -0.25) is 0 Å². The Kier molecular flexibility index (Phi) is 5.22. The topological polar surface area (TPSA) is 39.1 Å². The molecule has 2 rings (SSSR count). The average molecular weight is 279 g/mol. The molecule has 2 aromatic carbocycles. The van der Waals surface area contributed by atoms with Gasteiger partial charge in [0, 0.05) is 31.0 Å². The van der Waals surface area contributed by atoms with Crippen molar-refractivity contribution in [2.45, 2.75) is 20.4 Å². The number of rotatable bonds is 6. The van der Waals surface area contributed by atoms with E-state index in [0.29, 0.717) is 5.56 Å². The summed E-state index contributed by atoms with van der Waals surface area (Å²) in [7, 11) is 0. The van der Waals surface area contributed by atoms with Crippen LogP contribution in [0.25, 0.3) is 0 Å². The highest BCUT2D eigenvalue weighted by Gasteiger charge is 2.01. The Morgan fingerprint density at radius 3 is 2.10 bits per heavy atom. The maximum Gasteiger partial charge on any atom is 0.0991 e. The molecular formula is C18H21N3. The summed E-state index contributed by atoms with van der Waals surface area (Å²) >= 11 is 0. The molecule has 0 aromatic heterocycles. The van der Waals surface area contributed by atoms with Gasteiger partial charge in [-0.1, -0.05) is 12.1 Å². The zero-order chi connectivity index (χ0) is 15.1. The van der Waals surface area contributed by atoms with Gasteiger partial charge >= 0.3 is 0 Å². The summed E-state index contributed by atoms with van der Waals surface area (Å²) in [6.07, 6.45) is 0. The van der Waals surface area contributed by atoms with Gasteiger partial charge in [0.05, 0.1) is 11.6 Å². The van der Waals surface area contributed by atoms with Gasteiger partial charge in [0.25, 0.3) is 0 Å². The Bertz CT molecular complexity index is 590. The molecule has 108 valence electrons. The van der Waals surface area contributed by atoms with Crippen molar-refractivity contribution < 1.29 is 0 Å². The Labute approximate surface area is 126 Å². The maximum atomic E-state index is 8.78. The number of benzene rings is 2. The quantitative estimate of drug-likeness (QED) is 0.868. The van der Waals surface area contributed by atoms with E-state index in [2.05, 4.69) is 54.4 Å². The molecule has 0 unspecified atom stereocenters. The molecule has 0 aliphatic carbocycles. The lowest BCUT2D eigenvalue weighted by Gasteiger charge is -2.21. The van der Waals surface area contributed by atoms with Crippen LogP contribution in [0.4, 0.5) is 11.4 Å². The van der Waals surface area contributed by atoms with E-state index in [1.54, 1.807) is 0 Å². The molecule has 0 saturated carbocycles. The lowest BCUT2D eigenvalue weighted by Crippen LogP contribution is -2.21. The molecular weight excluding hydrogens is 258 g/mol. The van der Waals surface area contributed by atoms with Crippen LogP contribution >= 0.6 is 0 Å². The number of nitrogens with zero attached hydrogens (tertiary/aromatic N) is 2. The molecule has 2 aromatic rings. The van der Waals surface area contributed by atoms with E-state index in [4.69, 9.17) is 5.26 Å². The Balaban J connectivity index is 1.95. The number of hydrogen-bond acceptors (Lipinski definition) is 3. The van der Waals surface area contributed by atoms with Crippen molar-refractivity contribution in [3.05, 3.63) is 59.7 Å². The summed E-state index contributed by atoms with van der Waals surface area (Å²) in [6, 6.07) is 18.3. The first kappa shape index (κ1) is 14.9. The van der Waals surface area contributed by atoms with E-state index in [0.717, 1.165) is 25.3 Å². The number of nitrogens with one attached hydrogen (secondary N) is 1. The van der Waals surface area contributed by atoms with Gasteiger partial charge in [0.2, 0.25) is 0 Å². The molecule has 3 nitrogen and oxygen atoms in total. The van der Waals surface area contributed by atoms with Gasteiger partial charge < -0.3 is 10.2 Å². The predicted octanol–water partition coefficient (Wildman–Crippen LogP) is 4.02. The minimum Gasteiger partial charge on any atom is -0.381 e. The van der Waals surface area contributed by atoms with Crippen molar-refractivity contribution in [2.75, 3.05) is 23.3 Å². The molecule has 0 aliphatic rings. The van der Waals surface area contributed by atoms with Gasteiger partial charge in [-0.05, 0) is 55.8 Å². The van der Waals surface area contributed by atoms with E-state index in [1.807, 2.05) is 24.3 Å². The highest BCUT2D eigenvalue weighted by Crippen LogP contribution is 2.18. The normalized spacial score (nSPS) is 9.95. The zero-order valence-corrected chi connectivity index (χ0v) is 12.6. The van der Waals surface area contributed by atoms with Crippen LogP contribution in [-0.2, 0) is 6.54 Å². The smallest absolute Gasteiger partial charge is 0.0991 e. The van der Waals surface area contributed by atoms with Crippen LogP contribution in [0.2, 0.25) is 0 Å². The molecule has 1 N–H and O–H groups in total. The van der Waals surface area contributed by atoms with E-state index in [-0.39, 0.29) is 0 Å². The van der Waals surface area contributed by atoms with Crippen LogP contribution in [0.5, 0.6) is 0 Å². The van der Waals surface area contributed by atoms with Crippen LogP contribution in [0.15, 0.2) is 48.5 Å². The minimum atomic E-state index is 0.697. The van der Waals surface area contributed by atoms with Gasteiger partial charge in [-0.2, -0.15) is 5.26 Å². The van der Waals surface area contributed by atoms with Crippen molar-refractivity contribution in [2.24, 2.45) is 0 Å². The standard InChI is InChI=1S/C18H21N3/c1-3-21(4-2)18-11-9-17(10-12-18)20-14-16-7-5-15(13-19)6-8-16/h5-12,20H,3-4,14H2,1-2H3. The van der Waals surface area contributed by atoms with E-state index < -0.39 is 0 Å². The summed E-state index contributed by atoms with van der Waals surface area (Å²) in [6.45, 7) is 7.14. The third-order valence-electron chi connectivity index (χ3n) is 3.58. The second kappa shape index (κ2) is 7.35. The third-order valence-corrected chi connectivity index (χ3v) is 3.58. The highest BCUT2D eigenvalue weighted by molar-refractivity contribution is 5.55. The van der Waals surface area contributed by atoms with Crippen molar-refractivity contribution in [1.29, 1.82) is 5.26 Å². The van der Waals surface area contributed by atoms with Crippen LogP contribution in [0, 0.1) is 11.3 Å². The van der Waals surface area contributed by atoms with Gasteiger partial charge in [-0.15, -0.1) is 0 Å². The average Bonchev–Trinajstić information content (AvgIpc) is 2.55. The molecule has 0 bridgehead atoms. The molecule has 0 spiro atoms. The predicted molar refractivity (Wildman–Crippen MR) is 88.5 cm³/mol. The maximum absolute atomic E-state index is 8.78. The fourth-order valence-electron chi connectivity index (χ4n) is 2.28. The minimum absolute atomic E-state index is 0.697. The molecule has 0 aliphatic heterocycles. The van der Waals surface area contributed by atoms with Crippen LogP contribution in [0.3, 0.4) is 0 Å². The van der Waals surface area contributed by atoms with E-state index in [9.17, 15) is 0 Å². The molecule has 0 atom stereocenters. The molecule has 0 fully saturated rings. The molecule has 3 heteroatoms. The van der Waals surface area contributed by atoms with Crippen molar-refractivity contribution in [1.82, 2.24) is 0 Å². The fraction of sp³-hybridized carbons (Fsp3) is 0.278. The Morgan fingerprint density at radius 2 is 1.57 bits per heavy atom. The molecule has 0 amide bonds. The summed E-state index contributed by atoms with van der Waals surface area (Å²) in [5.74, 6) is 0. The molecule has 0 heterocycles. The Morgan fingerprint density at radius 1 is 0.952 bits per heavy atom. The van der Waals surface area contributed by atoms with Gasteiger partial charge in [0.15, 0.2) is 0 Å². The summed E-state index contributed by atoms with van der Waals surface area (Å²) < 4.78 is 0. The first-order valence-corrected chi connectivity index (χ1v) is 7.34. The van der Waals surface area contributed by atoms with Crippen LogP contribution in [0.1, 0.15) is 25.0 Å². The summed E-state index contributed by atoms with van der Waals surface area (Å²) in [5, 5.41) is 12.2. The monoisotopic (exact) mass is 279 g/mol. The number of anilines is 2. The van der Waals surface area contributed by atoms with E-state index in [1.165, 1.54) is 11.3 Å². The first-order valence-electron chi connectivity index (χ1n) is 7.34. The SMILES string of the molecule is CCN(CC)c1ccc(NCc2ccc(C#N)cc2)cc1. The fourth-order valence-corrected chi connectivity index (χ4v) is 2.28. The Hall–Kier alpha value is -2.47. The summed E-state index contributed by atoms with van der Waals surface area (Å²) in [4.78, 5) is 2.32.